The number of rotatable bonds is 3. The highest BCUT2D eigenvalue weighted by atomic mass is 32.1. The van der Waals surface area contributed by atoms with E-state index in [2.05, 4.69) is 32.5 Å². The number of aryl methyl sites for hydroxylation is 2. The molecule has 1 fully saturated rings. The summed E-state index contributed by atoms with van der Waals surface area (Å²) in [7, 11) is 1.85. The molecule has 0 N–H and O–H groups in total. The molecule has 1 amide bonds. The van der Waals surface area contributed by atoms with Gasteiger partial charge in [-0.05, 0) is 12.5 Å². The van der Waals surface area contributed by atoms with Gasteiger partial charge < -0.3 is 9.80 Å². The van der Waals surface area contributed by atoms with Crippen molar-refractivity contribution in [3.05, 3.63) is 53.9 Å². The van der Waals surface area contributed by atoms with E-state index < -0.39 is 0 Å². The second-order valence-electron chi connectivity index (χ2n) is 7.13. The van der Waals surface area contributed by atoms with Crippen LogP contribution in [-0.4, -0.2) is 45.3 Å². The van der Waals surface area contributed by atoms with Crippen molar-refractivity contribution in [2.45, 2.75) is 6.92 Å². The minimum absolute atomic E-state index is 0.0464. The molecule has 4 heterocycles. The number of hydrogen-bond donors (Lipinski definition) is 0. The Labute approximate surface area is 172 Å². The van der Waals surface area contributed by atoms with Crippen molar-refractivity contribution in [2.24, 2.45) is 7.05 Å². The fourth-order valence-corrected chi connectivity index (χ4v) is 4.75. The number of aromatic nitrogens is 4. The minimum atomic E-state index is 0.0464. The third kappa shape index (κ3) is 3.15. The predicted molar refractivity (Wildman–Crippen MR) is 115 cm³/mol. The molecule has 1 saturated heterocycles. The van der Waals surface area contributed by atoms with Crippen molar-refractivity contribution in [3.63, 3.8) is 0 Å². The smallest absolute Gasteiger partial charge is 0.246 e. The van der Waals surface area contributed by atoms with Crippen LogP contribution < -0.4 is 9.80 Å². The fraction of sp³-hybridized carbons (Fsp3) is 0.238. The van der Waals surface area contributed by atoms with Gasteiger partial charge in [-0.1, -0.05) is 30.3 Å². The lowest BCUT2D eigenvalue weighted by atomic mass is 10.1. The third-order valence-electron chi connectivity index (χ3n) is 5.13. The molecule has 8 heteroatoms. The molecule has 29 heavy (non-hydrogen) atoms. The molecule has 1 aliphatic heterocycles. The van der Waals surface area contributed by atoms with Crippen LogP contribution in [-0.2, 0) is 11.8 Å². The van der Waals surface area contributed by atoms with Crippen molar-refractivity contribution in [2.75, 3.05) is 29.4 Å². The molecule has 5 rings (SSSR count). The number of piperazine rings is 1. The summed E-state index contributed by atoms with van der Waals surface area (Å²) in [6.07, 6.45) is 3.60. The second-order valence-corrected chi connectivity index (χ2v) is 7.99. The highest BCUT2D eigenvalue weighted by Crippen LogP contribution is 2.38. The summed E-state index contributed by atoms with van der Waals surface area (Å²) in [6, 6.07) is 10.3. The van der Waals surface area contributed by atoms with Gasteiger partial charge in [-0.3, -0.25) is 9.48 Å². The molecule has 1 aliphatic rings. The molecule has 0 radical (unpaired) electrons. The van der Waals surface area contributed by atoms with E-state index in [1.165, 1.54) is 0 Å². The van der Waals surface area contributed by atoms with Gasteiger partial charge in [0.1, 0.15) is 16.5 Å². The maximum absolute atomic E-state index is 12.9. The summed E-state index contributed by atoms with van der Waals surface area (Å²) >= 11 is 1.62. The molecule has 146 valence electrons. The minimum Gasteiger partial charge on any atom is -0.345 e. The maximum atomic E-state index is 12.9. The van der Waals surface area contributed by atoms with Gasteiger partial charge in [-0.25, -0.2) is 9.97 Å². The lowest BCUT2D eigenvalue weighted by Gasteiger charge is -2.34. The van der Waals surface area contributed by atoms with Crippen molar-refractivity contribution in [1.82, 2.24) is 19.7 Å². The van der Waals surface area contributed by atoms with Crippen LogP contribution in [0.1, 0.15) is 5.82 Å². The molecule has 0 aliphatic carbocycles. The van der Waals surface area contributed by atoms with Crippen molar-refractivity contribution < 1.29 is 4.79 Å². The topological polar surface area (TPSA) is 67.2 Å². The summed E-state index contributed by atoms with van der Waals surface area (Å²) in [5.74, 6) is 1.60. The number of amides is 1. The average molecular weight is 404 g/mol. The molecule has 7 nitrogen and oxygen atoms in total. The Kier molecular flexibility index (Phi) is 4.28. The standard InChI is InChI=1S/C21H20N6OS/c1-14-23-20(19-17(13-29-21(19)24-14)15-6-4-3-5-7-15)26-8-9-27(18(28)12-26)16-10-22-25(2)11-16/h3-7,10-11,13H,8-9,12H2,1-2H3. The van der Waals surface area contributed by atoms with Gasteiger partial charge in [0, 0.05) is 37.3 Å². The number of benzene rings is 1. The number of carbonyl (C=O) groups is 1. The van der Waals surface area contributed by atoms with Crippen LogP contribution in [0.15, 0.2) is 48.1 Å². The van der Waals surface area contributed by atoms with Crippen LogP contribution in [0.25, 0.3) is 21.3 Å². The van der Waals surface area contributed by atoms with Crippen molar-refractivity contribution in [3.8, 4) is 11.1 Å². The molecule has 0 atom stereocenters. The van der Waals surface area contributed by atoms with E-state index in [9.17, 15) is 4.79 Å². The van der Waals surface area contributed by atoms with Crippen LogP contribution in [0.3, 0.4) is 0 Å². The van der Waals surface area contributed by atoms with Gasteiger partial charge in [0.25, 0.3) is 0 Å². The Hall–Kier alpha value is -3.26. The first kappa shape index (κ1) is 17.8. The van der Waals surface area contributed by atoms with Gasteiger partial charge in [0.2, 0.25) is 5.91 Å². The summed E-state index contributed by atoms with van der Waals surface area (Å²) < 4.78 is 1.71. The van der Waals surface area contributed by atoms with Crippen LogP contribution >= 0.6 is 11.3 Å². The number of carbonyl (C=O) groups excluding carboxylic acids is 1. The summed E-state index contributed by atoms with van der Waals surface area (Å²) in [4.78, 5) is 27.1. The van der Waals surface area contributed by atoms with Gasteiger partial charge in [0.15, 0.2) is 0 Å². The third-order valence-corrected chi connectivity index (χ3v) is 6.01. The Morgan fingerprint density at radius 3 is 2.66 bits per heavy atom. The number of nitrogens with zero attached hydrogens (tertiary/aromatic N) is 6. The zero-order valence-corrected chi connectivity index (χ0v) is 17.1. The fourth-order valence-electron chi connectivity index (χ4n) is 3.76. The Morgan fingerprint density at radius 2 is 1.93 bits per heavy atom. The van der Waals surface area contributed by atoms with E-state index in [-0.39, 0.29) is 12.5 Å². The highest BCUT2D eigenvalue weighted by molar-refractivity contribution is 7.17. The van der Waals surface area contributed by atoms with Crippen LogP contribution in [0.4, 0.5) is 11.5 Å². The molecular formula is C21H20N6OS. The number of anilines is 2. The predicted octanol–water partition coefficient (Wildman–Crippen LogP) is 3.25. The monoisotopic (exact) mass is 404 g/mol. The van der Waals surface area contributed by atoms with Crippen molar-refractivity contribution in [1.29, 1.82) is 0 Å². The Balaban J connectivity index is 1.54. The van der Waals surface area contributed by atoms with Gasteiger partial charge in [-0.2, -0.15) is 5.10 Å². The van der Waals surface area contributed by atoms with Gasteiger partial charge >= 0.3 is 0 Å². The molecular weight excluding hydrogens is 384 g/mol. The van der Waals surface area contributed by atoms with E-state index in [1.54, 1.807) is 27.1 Å². The van der Waals surface area contributed by atoms with E-state index in [1.807, 2.05) is 38.4 Å². The molecule has 0 unspecified atom stereocenters. The van der Waals surface area contributed by atoms with E-state index in [0.29, 0.717) is 13.1 Å². The lowest BCUT2D eigenvalue weighted by Crippen LogP contribution is -2.51. The van der Waals surface area contributed by atoms with Crippen LogP contribution in [0.5, 0.6) is 0 Å². The number of thiophene rings is 1. The first-order chi connectivity index (χ1) is 14.1. The maximum Gasteiger partial charge on any atom is 0.246 e. The highest BCUT2D eigenvalue weighted by Gasteiger charge is 2.29. The Morgan fingerprint density at radius 1 is 1.10 bits per heavy atom. The summed E-state index contributed by atoms with van der Waals surface area (Å²) in [6.45, 7) is 3.49. The molecule has 4 aromatic rings. The molecule has 0 saturated carbocycles. The van der Waals surface area contributed by atoms with Crippen LogP contribution in [0.2, 0.25) is 0 Å². The first-order valence-electron chi connectivity index (χ1n) is 9.45. The second kappa shape index (κ2) is 6.97. The van der Waals surface area contributed by atoms with E-state index >= 15 is 0 Å². The molecule has 0 spiro atoms. The normalized spacial score (nSPS) is 14.8. The summed E-state index contributed by atoms with van der Waals surface area (Å²) in [5, 5.41) is 7.34. The SMILES string of the molecule is Cc1nc(N2CCN(c3cnn(C)c3)C(=O)C2)c2c(-c3ccccc3)csc2n1. The molecule has 1 aromatic carbocycles. The Bertz CT molecular complexity index is 1200. The molecule has 3 aromatic heterocycles. The largest absolute Gasteiger partial charge is 0.345 e. The van der Waals surface area contributed by atoms with E-state index in [4.69, 9.17) is 4.98 Å². The zero-order chi connectivity index (χ0) is 20.0. The average Bonchev–Trinajstić information content (AvgIpc) is 3.34. The van der Waals surface area contributed by atoms with E-state index in [0.717, 1.165) is 38.7 Å². The quantitative estimate of drug-likeness (QED) is 0.524. The van der Waals surface area contributed by atoms with Gasteiger partial charge in [0.05, 0.1) is 23.8 Å². The van der Waals surface area contributed by atoms with Crippen LogP contribution in [0, 0.1) is 6.92 Å². The first-order valence-corrected chi connectivity index (χ1v) is 10.3. The lowest BCUT2D eigenvalue weighted by molar-refractivity contribution is -0.117. The van der Waals surface area contributed by atoms with Crippen molar-refractivity contribution >= 4 is 39.0 Å². The molecule has 0 bridgehead atoms. The van der Waals surface area contributed by atoms with Gasteiger partial charge in [-0.15, -0.1) is 11.3 Å². The summed E-state index contributed by atoms with van der Waals surface area (Å²) in [5.41, 5.74) is 3.08. The number of hydrogen-bond acceptors (Lipinski definition) is 6. The zero-order valence-electron chi connectivity index (χ0n) is 16.2. The number of fused-ring (bicyclic) bond motifs is 1.